The lowest BCUT2D eigenvalue weighted by atomic mass is 10.1. The molecule has 0 saturated carbocycles. The van der Waals surface area contributed by atoms with Gasteiger partial charge in [0.15, 0.2) is 0 Å². The number of carbonyl (C=O) groups excluding carboxylic acids is 1. The van der Waals surface area contributed by atoms with Crippen LogP contribution in [-0.2, 0) is 27.2 Å². The van der Waals surface area contributed by atoms with Crippen molar-refractivity contribution < 1.29 is 39.6 Å². The summed E-state index contributed by atoms with van der Waals surface area (Å²) in [7, 11) is -4.16. The van der Waals surface area contributed by atoms with Crippen molar-refractivity contribution >= 4 is 33.2 Å². The van der Waals surface area contributed by atoms with Crippen LogP contribution in [0.1, 0.15) is 18.1 Å². The highest BCUT2D eigenvalue weighted by atomic mass is 35.5. The number of carbonyl (C=O) groups is 1. The average molecular weight is 489 g/mol. The molecule has 5 nitrogen and oxygen atoms in total. The van der Waals surface area contributed by atoms with Crippen molar-refractivity contribution in [2.75, 3.05) is 18.4 Å². The summed E-state index contributed by atoms with van der Waals surface area (Å²) in [4.78, 5) is 12.0. The van der Waals surface area contributed by atoms with E-state index in [1.54, 1.807) is 0 Å². The first-order valence-corrected chi connectivity index (χ1v) is 10.3. The van der Waals surface area contributed by atoms with E-state index in [0.717, 1.165) is 0 Å². The summed E-state index contributed by atoms with van der Waals surface area (Å²) in [5, 5.41) is 2.17. The highest BCUT2D eigenvalue weighted by molar-refractivity contribution is 7.89. The van der Waals surface area contributed by atoms with E-state index in [-0.39, 0.29) is 22.5 Å². The lowest BCUT2D eigenvalue weighted by molar-refractivity contribution is -0.143. The Morgan fingerprint density at radius 2 is 1.45 bits per heavy atom. The third-order valence-corrected chi connectivity index (χ3v) is 6.18. The fraction of sp³-hybridized carbons (Fsp3) is 0.278. The number of hydrogen-bond donors (Lipinski definition) is 1. The van der Waals surface area contributed by atoms with Gasteiger partial charge in [0.1, 0.15) is 0 Å². The lowest BCUT2D eigenvalue weighted by Gasteiger charge is -2.20. The molecular weight excluding hydrogens is 474 g/mol. The number of amides is 1. The van der Waals surface area contributed by atoms with Gasteiger partial charge in [0.2, 0.25) is 15.9 Å². The summed E-state index contributed by atoms with van der Waals surface area (Å²) in [5.41, 5.74) is -4.00. The zero-order valence-electron chi connectivity index (χ0n) is 15.7. The molecule has 0 aromatic heterocycles. The van der Waals surface area contributed by atoms with Gasteiger partial charge < -0.3 is 5.32 Å². The molecule has 0 aliphatic rings. The van der Waals surface area contributed by atoms with Gasteiger partial charge in [0.25, 0.3) is 0 Å². The van der Waals surface area contributed by atoms with Crippen LogP contribution in [-0.4, -0.2) is 31.7 Å². The van der Waals surface area contributed by atoms with Gasteiger partial charge in [0, 0.05) is 17.3 Å². The maximum atomic E-state index is 12.9. The smallest absolute Gasteiger partial charge is 0.325 e. The number of nitrogens with one attached hydrogen (secondary N) is 1. The van der Waals surface area contributed by atoms with Crippen LogP contribution >= 0.6 is 11.6 Å². The first-order valence-electron chi connectivity index (χ1n) is 8.49. The summed E-state index contributed by atoms with van der Waals surface area (Å²) < 4.78 is 104. The molecule has 1 amide bonds. The van der Waals surface area contributed by atoms with E-state index < -0.39 is 51.6 Å². The molecule has 170 valence electrons. The predicted octanol–water partition coefficient (Wildman–Crippen LogP) is 5.03. The Hall–Kier alpha value is -2.31. The second-order valence-electron chi connectivity index (χ2n) is 6.23. The molecule has 1 N–H and O–H groups in total. The minimum absolute atomic E-state index is 0.0843. The van der Waals surface area contributed by atoms with Gasteiger partial charge in [-0.25, -0.2) is 8.42 Å². The molecule has 0 bridgehead atoms. The van der Waals surface area contributed by atoms with Gasteiger partial charge >= 0.3 is 12.4 Å². The molecule has 0 radical (unpaired) electrons. The van der Waals surface area contributed by atoms with Crippen molar-refractivity contribution in [1.82, 2.24) is 4.31 Å². The fourth-order valence-electron chi connectivity index (χ4n) is 2.51. The maximum Gasteiger partial charge on any atom is 0.416 e. The summed E-state index contributed by atoms with van der Waals surface area (Å²) in [6.45, 7) is 0.389. The number of nitrogens with zero attached hydrogens (tertiary/aromatic N) is 1. The van der Waals surface area contributed by atoms with Crippen LogP contribution in [0.3, 0.4) is 0 Å². The molecule has 2 aromatic rings. The molecule has 2 rings (SSSR count). The van der Waals surface area contributed by atoms with Crippen LogP contribution in [0.25, 0.3) is 0 Å². The number of benzene rings is 2. The number of likely N-dealkylation sites (N-methyl/N-ethyl adjacent to an activating group) is 1. The molecule has 0 saturated heterocycles. The minimum Gasteiger partial charge on any atom is -0.325 e. The number of anilines is 1. The van der Waals surface area contributed by atoms with Crippen LogP contribution in [0.15, 0.2) is 47.4 Å². The van der Waals surface area contributed by atoms with E-state index in [1.165, 1.54) is 31.2 Å². The summed E-state index contributed by atoms with van der Waals surface area (Å²) in [6, 6.07) is 5.59. The van der Waals surface area contributed by atoms with Crippen LogP contribution in [0.4, 0.5) is 32.0 Å². The van der Waals surface area contributed by atoms with Crippen molar-refractivity contribution in [3.05, 3.63) is 58.6 Å². The molecular formula is C18H15ClF6N2O3S. The summed E-state index contributed by atoms with van der Waals surface area (Å²) >= 11 is 5.71. The molecule has 0 aliphatic heterocycles. The normalized spacial score (nSPS) is 12.8. The Kier molecular flexibility index (Phi) is 7.28. The first-order chi connectivity index (χ1) is 14.1. The fourth-order valence-corrected chi connectivity index (χ4v) is 4.04. The largest absolute Gasteiger partial charge is 0.416 e. The van der Waals surface area contributed by atoms with Gasteiger partial charge in [0.05, 0.1) is 22.6 Å². The highest BCUT2D eigenvalue weighted by Crippen LogP contribution is 2.37. The van der Waals surface area contributed by atoms with Gasteiger partial charge in [-0.05, 0) is 42.5 Å². The van der Waals surface area contributed by atoms with Gasteiger partial charge in [-0.2, -0.15) is 30.6 Å². The standard InChI is InChI=1S/C18H15ClF6N2O3S/c1-2-27(31(29,30)15-5-3-13(19)4-6-15)10-16(28)26-14-8-11(17(20,21)22)7-12(9-14)18(23,24)25/h3-9H,2,10H2,1H3,(H,26,28). The number of halogens is 7. The second kappa shape index (κ2) is 9.05. The molecule has 2 aromatic carbocycles. The molecule has 31 heavy (non-hydrogen) atoms. The van der Waals surface area contributed by atoms with Crippen molar-refractivity contribution in [3.8, 4) is 0 Å². The molecule has 0 unspecified atom stereocenters. The van der Waals surface area contributed by atoms with Crippen molar-refractivity contribution in [1.29, 1.82) is 0 Å². The Labute approximate surface area is 178 Å². The second-order valence-corrected chi connectivity index (χ2v) is 8.60. The summed E-state index contributed by atoms with van der Waals surface area (Å²) in [6.07, 6.45) is -10.2. The number of rotatable bonds is 6. The molecule has 0 heterocycles. The van der Waals surface area contributed by atoms with Crippen LogP contribution in [0.5, 0.6) is 0 Å². The quantitative estimate of drug-likeness (QED) is 0.580. The zero-order chi connectivity index (χ0) is 23.6. The van der Waals surface area contributed by atoms with Crippen molar-refractivity contribution in [3.63, 3.8) is 0 Å². The molecule has 0 aliphatic carbocycles. The number of hydrogen-bond acceptors (Lipinski definition) is 3. The van der Waals surface area contributed by atoms with Crippen molar-refractivity contribution in [2.45, 2.75) is 24.2 Å². The average Bonchev–Trinajstić information content (AvgIpc) is 2.64. The van der Waals surface area contributed by atoms with E-state index in [1.807, 2.05) is 5.32 Å². The molecule has 0 fully saturated rings. The van der Waals surface area contributed by atoms with E-state index in [2.05, 4.69) is 0 Å². The third kappa shape index (κ3) is 6.34. The van der Waals surface area contributed by atoms with Crippen LogP contribution in [0.2, 0.25) is 5.02 Å². The maximum absolute atomic E-state index is 12.9. The third-order valence-electron chi connectivity index (χ3n) is 4.00. The Morgan fingerprint density at radius 1 is 0.968 bits per heavy atom. The minimum atomic E-state index is -5.09. The van der Waals surface area contributed by atoms with E-state index >= 15 is 0 Å². The first kappa shape index (κ1) is 25.0. The monoisotopic (exact) mass is 488 g/mol. The van der Waals surface area contributed by atoms with E-state index in [0.29, 0.717) is 16.4 Å². The molecule has 0 spiro atoms. The van der Waals surface area contributed by atoms with E-state index in [9.17, 15) is 39.6 Å². The Balaban J connectivity index is 2.29. The molecule has 0 atom stereocenters. The Morgan fingerprint density at radius 3 is 1.87 bits per heavy atom. The van der Waals surface area contributed by atoms with Gasteiger partial charge in [-0.15, -0.1) is 0 Å². The number of alkyl halides is 6. The summed E-state index contributed by atoms with van der Waals surface area (Å²) in [5.74, 6) is -1.12. The SMILES string of the molecule is CCN(CC(=O)Nc1cc(C(F)(F)F)cc(C(F)(F)F)c1)S(=O)(=O)c1ccc(Cl)cc1. The number of sulfonamides is 1. The highest BCUT2D eigenvalue weighted by Gasteiger charge is 2.37. The van der Waals surface area contributed by atoms with Crippen LogP contribution < -0.4 is 5.32 Å². The van der Waals surface area contributed by atoms with Gasteiger partial charge in [-0.1, -0.05) is 18.5 Å². The topological polar surface area (TPSA) is 66.5 Å². The Bertz CT molecular complexity index is 1020. The van der Waals surface area contributed by atoms with Crippen LogP contribution in [0, 0.1) is 0 Å². The zero-order valence-corrected chi connectivity index (χ0v) is 17.3. The predicted molar refractivity (Wildman–Crippen MR) is 101 cm³/mol. The van der Waals surface area contributed by atoms with E-state index in [4.69, 9.17) is 11.6 Å². The van der Waals surface area contributed by atoms with Crippen molar-refractivity contribution in [2.24, 2.45) is 0 Å². The molecule has 13 heteroatoms. The van der Waals surface area contributed by atoms with Gasteiger partial charge in [-0.3, -0.25) is 4.79 Å². The lowest BCUT2D eigenvalue weighted by Crippen LogP contribution is -2.37.